The van der Waals surface area contributed by atoms with Gasteiger partial charge < -0.3 is 9.64 Å². The topological polar surface area (TPSA) is 46.6 Å². The van der Waals surface area contributed by atoms with Crippen LogP contribution in [0.4, 0.5) is 0 Å². The highest BCUT2D eigenvalue weighted by molar-refractivity contribution is 5.99. The van der Waals surface area contributed by atoms with Crippen LogP contribution in [0.15, 0.2) is 24.3 Å². The van der Waals surface area contributed by atoms with Crippen LogP contribution >= 0.6 is 0 Å². The lowest BCUT2D eigenvalue weighted by Gasteiger charge is -2.24. The van der Waals surface area contributed by atoms with E-state index < -0.39 is 5.41 Å². The summed E-state index contributed by atoms with van der Waals surface area (Å²) in [6.45, 7) is 6.59. The SMILES string of the molecule is CC(C)(C)C(=O)CN1CCOc2ccccc2C1=O. The number of ether oxygens (including phenoxy) is 1. The molecule has 19 heavy (non-hydrogen) atoms. The van der Waals surface area contributed by atoms with Crippen LogP contribution in [-0.4, -0.2) is 36.3 Å². The van der Waals surface area contributed by atoms with Crippen molar-refractivity contribution in [3.8, 4) is 5.75 Å². The molecule has 0 unspecified atom stereocenters. The fourth-order valence-corrected chi connectivity index (χ4v) is 1.87. The van der Waals surface area contributed by atoms with Gasteiger partial charge in [0.15, 0.2) is 5.78 Å². The monoisotopic (exact) mass is 261 g/mol. The average Bonchev–Trinajstić information content (AvgIpc) is 2.50. The van der Waals surface area contributed by atoms with Crippen molar-refractivity contribution in [3.05, 3.63) is 29.8 Å². The van der Waals surface area contributed by atoms with Crippen molar-refractivity contribution in [3.63, 3.8) is 0 Å². The predicted molar refractivity (Wildman–Crippen MR) is 72.3 cm³/mol. The normalized spacial score (nSPS) is 15.5. The van der Waals surface area contributed by atoms with Crippen LogP contribution in [0.2, 0.25) is 0 Å². The van der Waals surface area contributed by atoms with Gasteiger partial charge in [-0.25, -0.2) is 0 Å². The molecular formula is C15H19NO3. The Bertz CT molecular complexity index is 502. The summed E-state index contributed by atoms with van der Waals surface area (Å²) in [6, 6.07) is 7.15. The molecule has 0 N–H and O–H groups in total. The highest BCUT2D eigenvalue weighted by Gasteiger charge is 2.28. The number of hydrogen-bond donors (Lipinski definition) is 0. The maximum Gasteiger partial charge on any atom is 0.258 e. The molecular weight excluding hydrogens is 242 g/mol. The van der Waals surface area contributed by atoms with E-state index in [-0.39, 0.29) is 18.2 Å². The van der Waals surface area contributed by atoms with Crippen LogP contribution in [0.5, 0.6) is 5.75 Å². The molecule has 0 bridgehead atoms. The van der Waals surface area contributed by atoms with E-state index >= 15 is 0 Å². The summed E-state index contributed by atoms with van der Waals surface area (Å²) in [5.74, 6) is 0.518. The minimum atomic E-state index is -0.438. The maximum absolute atomic E-state index is 12.4. The fraction of sp³-hybridized carbons (Fsp3) is 0.467. The Hall–Kier alpha value is -1.84. The third-order valence-electron chi connectivity index (χ3n) is 3.19. The second-order valence-corrected chi connectivity index (χ2v) is 5.74. The van der Waals surface area contributed by atoms with Crippen LogP contribution in [0, 0.1) is 5.41 Å². The first kappa shape index (κ1) is 13.6. The van der Waals surface area contributed by atoms with Crippen molar-refractivity contribution in [1.29, 1.82) is 0 Å². The Labute approximate surface area is 113 Å². The zero-order chi connectivity index (χ0) is 14.0. The second-order valence-electron chi connectivity index (χ2n) is 5.74. The second kappa shape index (κ2) is 5.03. The van der Waals surface area contributed by atoms with Gasteiger partial charge in [-0.3, -0.25) is 9.59 Å². The number of carbonyl (C=O) groups is 2. The molecule has 1 aromatic carbocycles. The molecule has 0 radical (unpaired) electrons. The summed E-state index contributed by atoms with van der Waals surface area (Å²) in [7, 11) is 0. The van der Waals surface area contributed by atoms with Gasteiger partial charge >= 0.3 is 0 Å². The van der Waals surface area contributed by atoms with Crippen molar-refractivity contribution in [2.24, 2.45) is 5.41 Å². The number of Topliss-reactive ketones (excluding diaryl/α,β-unsaturated/α-hetero) is 1. The molecule has 0 fully saturated rings. The first-order valence-corrected chi connectivity index (χ1v) is 6.44. The molecule has 0 saturated carbocycles. The molecule has 0 atom stereocenters. The number of amides is 1. The van der Waals surface area contributed by atoms with Gasteiger partial charge in [-0.2, -0.15) is 0 Å². The largest absolute Gasteiger partial charge is 0.491 e. The number of hydrogen-bond acceptors (Lipinski definition) is 3. The zero-order valence-electron chi connectivity index (χ0n) is 11.6. The Morgan fingerprint density at radius 3 is 2.68 bits per heavy atom. The molecule has 0 spiro atoms. The lowest BCUT2D eigenvalue weighted by molar-refractivity contribution is -0.127. The van der Waals surface area contributed by atoms with Gasteiger partial charge in [-0.15, -0.1) is 0 Å². The van der Waals surface area contributed by atoms with E-state index in [1.54, 1.807) is 23.1 Å². The van der Waals surface area contributed by atoms with Crippen LogP contribution in [0.25, 0.3) is 0 Å². The van der Waals surface area contributed by atoms with Gasteiger partial charge in [0.2, 0.25) is 0 Å². The average molecular weight is 261 g/mol. The van der Waals surface area contributed by atoms with E-state index in [9.17, 15) is 9.59 Å². The van der Waals surface area contributed by atoms with E-state index in [4.69, 9.17) is 4.74 Å². The summed E-state index contributed by atoms with van der Waals surface area (Å²) in [4.78, 5) is 26.0. The lowest BCUT2D eigenvalue weighted by Crippen LogP contribution is -2.40. The number of fused-ring (bicyclic) bond motifs is 1. The molecule has 1 aromatic rings. The third-order valence-corrected chi connectivity index (χ3v) is 3.19. The van der Waals surface area contributed by atoms with Gasteiger partial charge in [-0.05, 0) is 12.1 Å². The maximum atomic E-state index is 12.4. The summed E-state index contributed by atoms with van der Waals surface area (Å²) in [5.41, 5.74) is 0.0918. The minimum absolute atomic E-state index is 0.0558. The predicted octanol–water partition coefficient (Wildman–Crippen LogP) is 2.14. The van der Waals surface area contributed by atoms with Crippen molar-refractivity contribution < 1.29 is 14.3 Å². The van der Waals surface area contributed by atoms with E-state index in [2.05, 4.69) is 0 Å². The van der Waals surface area contributed by atoms with Crippen molar-refractivity contribution in [2.75, 3.05) is 19.7 Å². The van der Waals surface area contributed by atoms with Gasteiger partial charge in [0, 0.05) is 5.41 Å². The summed E-state index contributed by atoms with van der Waals surface area (Å²) in [6.07, 6.45) is 0. The zero-order valence-corrected chi connectivity index (χ0v) is 11.6. The van der Waals surface area contributed by atoms with Crippen molar-refractivity contribution >= 4 is 11.7 Å². The number of ketones is 1. The number of benzene rings is 1. The Kier molecular flexibility index (Phi) is 3.60. The molecule has 0 saturated heterocycles. The molecule has 1 aliphatic rings. The molecule has 1 heterocycles. The van der Waals surface area contributed by atoms with E-state index in [1.165, 1.54) is 0 Å². The molecule has 0 aromatic heterocycles. The van der Waals surface area contributed by atoms with Crippen molar-refractivity contribution in [2.45, 2.75) is 20.8 Å². The smallest absolute Gasteiger partial charge is 0.258 e. The molecule has 2 rings (SSSR count). The minimum Gasteiger partial charge on any atom is -0.491 e. The van der Waals surface area contributed by atoms with Gasteiger partial charge in [0.25, 0.3) is 5.91 Å². The first-order valence-electron chi connectivity index (χ1n) is 6.44. The molecule has 4 heteroatoms. The van der Waals surface area contributed by atoms with E-state index in [0.717, 1.165) is 0 Å². The number of nitrogens with zero attached hydrogens (tertiary/aromatic N) is 1. The molecule has 0 aliphatic carbocycles. The Morgan fingerprint density at radius 2 is 2.00 bits per heavy atom. The van der Waals surface area contributed by atoms with Crippen LogP contribution in [0.3, 0.4) is 0 Å². The summed E-state index contributed by atoms with van der Waals surface area (Å²) < 4.78 is 5.54. The molecule has 102 valence electrons. The van der Waals surface area contributed by atoms with Gasteiger partial charge in [-0.1, -0.05) is 32.9 Å². The molecule has 1 aliphatic heterocycles. The highest BCUT2D eigenvalue weighted by atomic mass is 16.5. The standard InChI is InChI=1S/C15H19NO3/c1-15(2,3)13(17)10-16-8-9-19-12-7-5-4-6-11(12)14(16)18/h4-7H,8-10H2,1-3H3. The van der Waals surface area contributed by atoms with Crippen LogP contribution < -0.4 is 4.74 Å². The number of rotatable bonds is 2. The van der Waals surface area contributed by atoms with E-state index in [1.807, 2.05) is 26.8 Å². The third kappa shape index (κ3) is 2.95. The van der Waals surface area contributed by atoms with Crippen LogP contribution in [0.1, 0.15) is 31.1 Å². The molecule has 4 nitrogen and oxygen atoms in total. The summed E-state index contributed by atoms with van der Waals surface area (Å²) >= 11 is 0. The number of carbonyl (C=O) groups excluding carboxylic acids is 2. The fourth-order valence-electron chi connectivity index (χ4n) is 1.87. The van der Waals surface area contributed by atoms with Crippen LogP contribution in [-0.2, 0) is 4.79 Å². The first-order chi connectivity index (χ1) is 8.89. The van der Waals surface area contributed by atoms with Gasteiger partial charge in [0.05, 0.1) is 18.7 Å². The van der Waals surface area contributed by atoms with Gasteiger partial charge in [0.1, 0.15) is 12.4 Å². The quantitative estimate of drug-likeness (QED) is 0.819. The van der Waals surface area contributed by atoms with E-state index in [0.29, 0.717) is 24.5 Å². The van der Waals surface area contributed by atoms with Crippen molar-refractivity contribution in [1.82, 2.24) is 4.90 Å². The molecule has 1 amide bonds. The number of para-hydroxylation sites is 1. The summed E-state index contributed by atoms with van der Waals surface area (Å²) in [5, 5.41) is 0. The Morgan fingerprint density at radius 1 is 1.32 bits per heavy atom. The Balaban J connectivity index is 2.21. The highest BCUT2D eigenvalue weighted by Crippen LogP contribution is 2.23. The lowest BCUT2D eigenvalue weighted by atomic mass is 9.90.